The van der Waals surface area contributed by atoms with Crippen molar-refractivity contribution >= 4 is 23.7 Å². The van der Waals surface area contributed by atoms with Crippen molar-refractivity contribution in [1.29, 1.82) is 0 Å². The van der Waals surface area contributed by atoms with Gasteiger partial charge in [-0.25, -0.2) is 10.9 Å². The first-order valence-electron chi connectivity index (χ1n) is 11.9. The lowest BCUT2D eigenvalue weighted by Crippen LogP contribution is -2.21. The fourth-order valence-corrected chi connectivity index (χ4v) is 3.02. The highest BCUT2D eigenvalue weighted by atomic mass is 16.5. The van der Waals surface area contributed by atoms with Gasteiger partial charge >= 0.3 is 0 Å². The van der Waals surface area contributed by atoms with Crippen LogP contribution in [0.1, 0.15) is 58.6 Å². The average Bonchev–Trinajstić information content (AvgIpc) is 2.81. The zero-order valence-corrected chi connectivity index (χ0v) is 21.2. The highest BCUT2D eigenvalue weighted by molar-refractivity contribution is 6.29. The minimum Gasteiger partial charge on any atom is -0.491 e. The number of carbonyl (C=O) groups excluding carboxylic acids is 2. The van der Waals surface area contributed by atoms with Crippen LogP contribution in [0.2, 0.25) is 0 Å². The van der Waals surface area contributed by atoms with Gasteiger partial charge in [0.1, 0.15) is 11.5 Å². The molecule has 0 aliphatic carbocycles. The van der Waals surface area contributed by atoms with E-state index in [0.717, 1.165) is 22.6 Å². The van der Waals surface area contributed by atoms with Gasteiger partial charge in [-0.2, -0.15) is 10.2 Å². The minimum atomic E-state index is -0.203. The van der Waals surface area contributed by atoms with Crippen molar-refractivity contribution in [3.05, 3.63) is 59.7 Å². The zero-order valence-electron chi connectivity index (χ0n) is 21.2. The molecule has 0 atom stereocenters. The van der Waals surface area contributed by atoms with Crippen LogP contribution >= 0.6 is 0 Å². The van der Waals surface area contributed by atoms with Crippen LogP contribution in [0.3, 0.4) is 0 Å². The fraction of sp³-hybridized carbons (Fsp3) is 0.407. The molecule has 0 heterocycles. The minimum absolute atomic E-state index is 0.123. The maximum atomic E-state index is 12.0. The van der Waals surface area contributed by atoms with Crippen molar-refractivity contribution in [2.24, 2.45) is 10.2 Å². The van der Waals surface area contributed by atoms with E-state index in [1.807, 2.05) is 76.2 Å². The molecule has 35 heavy (non-hydrogen) atoms. The van der Waals surface area contributed by atoms with E-state index < -0.39 is 0 Å². The topological polar surface area (TPSA) is 101 Å². The number of hydrogen-bond donors (Lipinski definition) is 2. The molecule has 0 aliphatic heterocycles. The molecule has 0 saturated carbocycles. The molecule has 0 radical (unpaired) electrons. The van der Waals surface area contributed by atoms with Crippen molar-refractivity contribution in [3.8, 4) is 11.5 Å². The normalized spacial score (nSPS) is 11.7. The number of hydrazone groups is 2. The predicted octanol–water partition coefficient (Wildman–Crippen LogP) is 4.42. The molecular formula is C27H36N4O4. The molecule has 0 fully saturated rings. The number of rotatable bonds is 13. The summed E-state index contributed by atoms with van der Waals surface area (Å²) in [4.78, 5) is 24.0. The molecule has 2 rings (SSSR count). The predicted molar refractivity (Wildman–Crippen MR) is 139 cm³/mol. The monoisotopic (exact) mass is 480 g/mol. The molecule has 2 aromatic carbocycles. The molecule has 0 bridgehead atoms. The van der Waals surface area contributed by atoms with E-state index in [2.05, 4.69) is 21.1 Å². The van der Waals surface area contributed by atoms with Crippen molar-refractivity contribution in [2.45, 2.75) is 72.5 Å². The highest BCUT2D eigenvalue weighted by Crippen LogP contribution is 2.15. The van der Waals surface area contributed by atoms with Gasteiger partial charge in [0.05, 0.1) is 24.1 Å². The van der Waals surface area contributed by atoms with E-state index >= 15 is 0 Å². The Morgan fingerprint density at radius 1 is 0.771 bits per heavy atom. The first-order chi connectivity index (χ1) is 16.7. The number of nitrogens with zero attached hydrogens (tertiary/aromatic N) is 2. The lowest BCUT2D eigenvalue weighted by molar-refractivity contribution is -0.121. The summed E-state index contributed by atoms with van der Waals surface area (Å²) in [5.74, 6) is 1.22. The Kier molecular flexibility index (Phi) is 11.5. The van der Waals surface area contributed by atoms with Crippen LogP contribution in [0.25, 0.3) is 0 Å². The number of amides is 2. The second kappa shape index (κ2) is 14.6. The quantitative estimate of drug-likeness (QED) is 0.327. The van der Waals surface area contributed by atoms with Gasteiger partial charge in [-0.3, -0.25) is 9.59 Å². The van der Waals surface area contributed by atoms with E-state index in [1.165, 1.54) is 6.21 Å². The number of benzene rings is 2. The summed E-state index contributed by atoms with van der Waals surface area (Å²) in [5, 5.41) is 7.88. The molecule has 2 aromatic rings. The number of carbonyl (C=O) groups is 2. The Labute approximate surface area is 207 Å². The summed E-state index contributed by atoms with van der Waals surface area (Å²) in [5.41, 5.74) is 7.53. The number of hydrogen-bond acceptors (Lipinski definition) is 6. The summed E-state index contributed by atoms with van der Waals surface area (Å²) in [6.07, 6.45) is 3.44. The Morgan fingerprint density at radius 2 is 1.20 bits per heavy atom. The summed E-state index contributed by atoms with van der Waals surface area (Å²) in [6, 6.07) is 15.4. The standard InChI is InChI=1S/C27H36N4O4/c1-19(2)34-24-12-6-22(7-13-24)10-16-26(32)30-28-18-21(5)29-31-27(33)17-11-23-8-14-25(15-9-23)35-20(3)4/h6-9,12-15,18-20H,10-11,16-17H2,1-5H3,(H,30,32)(H,31,33)/b28-18-,29-21-. The summed E-state index contributed by atoms with van der Waals surface area (Å²) in [7, 11) is 0. The van der Waals surface area contributed by atoms with E-state index in [4.69, 9.17) is 9.47 Å². The molecule has 2 amide bonds. The van der Waals surface area contributed by atoms with Gasteiger partial charge in [0, 0.05) is 12.8 Å². The summed E-state index contributed by atoms with van der Waals surface area (Å²) < 4.78 is 11.2. The molecule has 8 nitrogen and oxygen atoms in total. The second-order valence-corrected chi connectivity index (χ2v) is 8.70. The third-order valence-electron chi connectivity index (χ3n) is 4.67. The average molecular weight is 481 g/mol. The van der Waals surface area contributed by atoms with Crippen LogP contribution < -0.4 is 20.3 Å². The summed E-state index contributed by atoms with van der Waals surface area (Å²) >= 11 is 0. The highest BCUT2D eigenvalue weighted by Gasteiger charge is 2.04. The van der Waals surface area contributed by atoms with E-state index in [-0.39, 0.29) is 24.0 Å². The molecular weight excluding hydrogens is 444 g/mol. The number of aryl methyl sites for hydroxylation is 2. The molecule has 0 unspecified atom stereocenters. The second-order valence-electron chi connectivity index (χ2n) is 8.70. The zero-order chi connectivity index (χ0) is 25.6. The van der Waals surface area contributed by atoms with Crippen LogP contribution in [0.15, 0.2) is 58.7 Å². The molecule has 0 aromatic heterocycles. The van der Waals surface area contributed by atoms with Crippen LogP contribution in [-0.2, 0) is 22.4 Å². The van der Waals surface area contributed by atoms with Gasteiger partial charge in [0.2, 0.25) is 11.8 Å². The third-order valence-corrected chi connectivity index (χ3v) is 4.67. The smallest absolute Gasteiger partial charge is 0.240 e. The number of ether oxygens (including phenoxy) is 2. The molecule has 8 heteroatoms. The van der Waals surface area contributed by atoms with Gasteiger partial charge < -0.3 is 9.47 Å². The molecule has 0 saturated heterocycles. The lowest BCUT2D eigenvalue weighted by atomic mass is 10.1. The molecule has 2 N–H and O–H groups in total. The molecule has 0 spiro atoms. The van der Waals surface area contributed by atoms with E-state index in [1.54, 1.807) is 6.92 Å². The fourth-order valence-electron chi connectivity index (χ4n) is 3.02. The van der Waals surface area contributed by atoms with Gasteiger partial charge in [0.25, 0.3) is 0 Å². The van der Waals surface area contributed by atoms with Crippen LogP contribution in [0.4, 0.5) is 0 Å². The van der Waals surface area contributed by atoms with E-state index in [0.29, 0.717) is 31.4 Å². The van der Waals surface area contributed by atoms with Crippen LogP contribution in [0, 0.1) is 0 Å². The molecule has 188 valence electrons. The Morgan fingerprint density at radius 3 is 1.63 bits per heavy atom. The maximum Gasteiger partial charge on any atom is 0.240 e. The Balaban J connectivity index is 1.66. The maximum absolute atomic E-state index is 12.0. The van der Waals surface area contributed by atoms with Gasteiger partial charge in [-0.05, 0) is 82.9 Å². The van der Waals surface area contributed by atoms with Crippen molar-refractivity contribution in [2.75, 3.05) is 0 Å². The third kappa shape index (κ3) is 11.8. The van der Waals surface area contributed by atoms with Crippen LogP contribution in [-0.4, -0.2) is 35.9 Å². The van der Waals surface area contributed by atoms with Gasteiger partial charge in [-0.15, -0.1) is 0 Å². The van der Waals surface area contributed by atoms with Crippen LogP contribution in [0.5, 0.6) is 11.5 Å². The first kappa shape index (κ1) is 27.6. The van der Waals surface area contributed by atoms with Crippen molar-refractivity contribution < 1.29 is 19.1 Å². The largest absolute Gasteiger partial charge is 0.491 e. The Bertz CT molecular complexity index is 997. The lowest BCUT2D eigenvalue weighted by Gasteiger charge is -2.10. The van der Waals surface area contributed by atoms with Gasteiger partial charge in [0.15, 0.2) is 0 Å². The van der Waals surface area contributed by atoms with E-state index in [9.17, 15) is 9.59 Å². The van der Waals surface area contributed by atoms with Crippen molar-refractivity contribution in [3.63, 3.8) is 0 Å². The summed E-state index contributed by atoms with van der Waals surface area (Å²) in [6.45, 7) is 9.59. The number of nitrogens with one attached hydrogen (secondary N) is 2. The first-order valence-corrected chi connectivity index (χ1v) is 11.9. The SMILES string of the molecule is CC(/C=N\NC(=O)CCc1ccc(OC(C)C)cc1)=N/NC(=O)CCc1ccc(OC(C)C)cc1. The molecule has 0 aliphatic rings. The van der Waals surface area contributed by atoms with Gasteiger partial charge in [-0.1, -0.05) is 24.3 Å². The van der Waals surface area contributed by atoms with Crippen molar-refractivity contribution in [1.82, 2.24) is 10.9 Å². The Hall–Kier alpha value is -3.68.